The Morgan fingerprint density at radius 3 is 2.56 bits per heavy atom. The molecule has 6 nitrogen and oxygen atoms in total. The van der Waals surface area contributed by atoms with Crippen LogP contribution in [0.5, 0.6) is 11.5 Å². The van der Waals surface area contributed by atoms with Crippen molar-refractivity contribution in [2.45, 2.75) is 13.2 Å². The van der Waals surface area contributed by atoms with Crippen molar-refractivity contribution in [3.05, 3.63) is 81.8 Å². The molecule has 4 rings (SSSR count). The van der Waals surface area contributed by atoms with E-state index in [2.05, 4.69) is 20.3 Å². The number of alkyl halides is 2. The highest BCUT2D eigenvalue weighted by Gasteiger charge is 2.14. The van der Waals surface area contributed by atoms with Crippen LogP contribution in [0.4, 0.5) is 14.6 Å². The van der Waals surface area contributed by atoms with Gasteiger partial charge in [-0.15, -0.1) is 0 Å². The van der Waals surface area contributed by atoms with Crippen LogP contribution in [0.25, 0.3) is 10.9 Å². The zero-order valence-corrected chi connectivity index (χ0v) is 17.8. The third-order valence-electron chi connectivity index (χ3n) is 4.47. The number of nitrogens with one attached hydrogen (secondary N) is 2. The Morgan fingerprint density at radius 1 is 1.06 bits per heavy atom. The first-order valence-electron chi connectivity index (χ1n) is 9.30. The smallest absolute Gasteiger partial charge is 0.387 e. The van der Waals surface area contributed by atoms with Crippen LogP contribution in [-0.4, -0.2) is 22.7 Å². The van der Waals surface area contributed by atoms with E-state index in [-0.39, 0.29) is 12.4 Å². The first-order valence-corrected chi connectivity index (χ1v) is 10.1. The van der Waals surface area contributed by atoms with Crippen LogP contribution >= 0.6 is 23.2 Å². The fraction of sp³-hybridized carbons (Fsp3) is 0.0909. The first kappa shape index (κ1) is 21.9. The van der Waals surface area contributed by atoms with Gasteiger partial charge in [0.15, 0.2) is 5.82 Å². The molecule has 0 atom stereocenters. The minimum Gasteiger partial charge on any atom is -0.489 e. The topological polar surface area (TPSA) is 76.2 Å². The number of hydrogen-bond acceptors (Lipinski definition) is 4. The van der Waals surface area contributed by atoms with Gasteiger partial charge in [0.05, 0.1) is 5.52 Å². The molecule has 164 valence electrons. The monoisotopic (exact) mass is 477 g/mol. The molecular formula is C22H15Cl2F2N3O3. The second kappa shape index (κ2) is 9.42. The third kappa shape index (κ3) is 5.09. The number of para-hydroxylation sites is 1. The van der Waals surface area contributed by atoms with Crippen molar-refractivity contribution in [1.82, 2.24) is 10.2 Å². The quantitative estimate of drug-likeness (QED) is 0.327. The number of benzene rings is 3. The number of amides is 1. The van der Waals surface area contributed by atoms with E-state index < -0.39 is 12.5 Å². The summed E-state index contributed by atoms with van der Waals surface area (Å²) >= 11 is 11.9. The molecular weight excluding hydrogens is 463 g/mol. The average Bonchev–Trinajstić information content (AvgIpc) is 3.14. The fourth-order valence-electron chi connectivity index (χ4n) is 3.04. The molecule has 2 N–H and O–H groups in total. The molecule has 0 unspecified atom stereocenters. The van der Waals surface area contributed by atoms with E-state index in [1.807, 2.05) is 0 Å². The van der Waals surface area contributed by atoms with Crippen LogP contribution in [-0.2, 0) is 6.61 Å². The molecule has 10 heteroatoms. The second-order valence-corrected chi connectivity index (χ2v) is 7.54. The largest absolute Gasteiger partial charge is 0.489 e. The molecule has 0 saturated carbocycles. The van der Waals surface area contributed by atoms with Crippen molar-refractivity contribution >= 4 is 45.8 Å². The van der Waals surface area contributed by atoms with Gasteiger partial charge in [-0.3, -0.25) is 9.89 Å². The van der Waals surface area contributed by atoms with E-state index in [0.29, 0.717) is 43.6 Å². The maximum atomic E-state index is 12.6. The van der Waals surface area contributed by atoms with Crippen molar-refractivity contribution in [3.63, 3.8) is 0 Å². The summed E-state index contributed by atoms with van der Waals surface area (Å²) in [5.41, 5.74) is 1.38. The van der Waals surface area contributed by atoms with Crippen LogP contribution in [0.2, 0.25) is 10.0 Å². The SMILES string of the molecule is O=C(Nc1n[nH]c2cc(OCc3ccccc3OC(F)F)ccc12)c1cc(Cl)cc(Cl)c1. The summed E-state index contributed by atoms with van der Waals surface area (Å²) in [5, 5.41) is 11.0. The lowest BCUT2D eigenvalue weighted by Gasteiger charge is -2.11. The third-order valence-corrected chi connectivity index (χ3v) is 4.91. The van der Waals surface area contributed by atoms with Gasteiger partial charge in [-0.25, -0.2) is 0 Å². The normalized spacial score (nSPS) is 11.0. The van der Waals surface area contributed by atoms with Crippen LogP contribution in [0.15, 0.2) is 60.7 Å². The molecule has 0 saturated heterocycles. The summed E-state index contributed by atoms with van der Waals surface area (Å²) in [5.74, 6) is 0.436. The van der Waals surface area contributed by atoms with E-state index in [0.717, 1.165) is 0 Å². The van der Waals surface area contributed by atoms with Crippen molar-refractivity contribution in [2.24, 2.45) is 0 Å². The van der Waals surface area contributed by atoms with Crippen molar-refractivity contribution in [3.8, 4) is 11.5 Å². The number of aromatic amines is 1. The molecule has 0 bridgehead atoms. The molecule has 0 aliphatic carbocycles. The van der Waals surface area contributed by atoms with Gasteiger partial charge in [0.1, 0.15) is 18.1 Å². The van der Waals surface area contributed by atoms with Crippen LogP contribution in [0.3, 0.4) is 0 Å². The highest BCUT2D eigenvalue weighted by atomic mass is 35.5. The number of rotatable bonds is 7. The van der Waals surface area contributed by atoms with Gasteiger partial charge < -0.3 is 14.8 Å². The van der Waals surface area contributed by atoms with Gasteiger partial charge in [-0.2, -0.15) is 13.9 Å². The minimum atomic E-state index is -2.92. The summed E-state index contributed by atoms with van der Waals surface area (Å²) in [7, 11) is 0. The van der Waals surface area contributed by atoms with E-state index in [1.165, 1.54) is 24.3 Å². The summed E-state index contributed by atoms with van der Waals surface area (Å²) in [6.45, 7) is -2.89. The number of anilines is 1. The highest BCUT2D eigenvalue weighted by molar-refractivity contribution is 6.35. The van der Waals surface area contributed by atoms with Crippen molar-refractivity contribution in [2.75, 3.05) is 5.32 Å². The Hall–Kier alpha value is -3.36. The maximum Gasteiger partial charge on any atom is 0.387 e. The fourth-order valence-corrected chi connectivity index (χ4v) is 3.57. The first-order chi connectivity index (χ1) is 15.4. The maximum absolute atomic E-state index is 12.6. The Kier molecular flexibility index (Phi) is 6.43. The highest BCUT2D eigenvalue weighted by Crippen LogP contribution is 2.28. The van der Waals surface area contributed by atoms with E-state index >= 15 is 0 Å². The van der Waals surface area contributed by atoms with Crippen molar-refractivity contribution < 1.29 is 23.0 Å². The zero-order chi connectivity index (χ0) is 22.7. The number of carbonyl (C=O) groups excluding carboxylic acids is 1. The van der Waals surface area contributed by atoms with Gasteiger partial charge in [-0.1, -0.05) is 41.4 Å². The van der Waals surface area contributed by atoms with Gasteiger partial charge >= 0.3 is 6.61 Å². The predicted octanol–water partition coefficient (Wildman–Crippen LogP) is 6.30. The van der Waals surface area contributed by atoms with E-state index in [4.69, 9.17) is 27.9 Å². The van der Waals surface area contributed by atoms with Crippen LogP contribution < -0.4 is 14.8 Å². The molecule has 1 heterocycles. The van der Waals surface area contributed by atoms with E-state index in [1.54, 1.807) is 36.4 Å². The Labute approximate surface area is 191 Å². The number of hydrogen-bond donors (Lipinski definition) is 2. The number of nitrogens with zero attached hydrogens (tertiary/aromatic N) is 1. The number of aromatic nitrogens is 2. The van der Waals surface area contributed by atoms with Gasteiger partial charge in [-0.05, 0) is 36.4 Å². The lowest BCUT2D eigenvalue weighted by Crippen LogP contribution is -2.12. The lowest BCUT2D eigenvalue weighted by molar-refractivity contribution is -0.0508. The number of carbonyl (C=O) groups is 1. The minimum absolute atomic E-state index is 0.0294. The second-order valence-electron chi connectivity index (χ2n) is 6.67. The number of H-pyrrole nitrogens is 1. The Bertz CT molecular complexity index is 1260. The summed E-state index contributed by atoms with van der Waals surface area (Å²) < 4.78 is 35.4. The number of ether oxygens (including phenoxy) is 2. The summed E-state index contributed by atoms with van der Waals surface area (Å²) in [4.78, 5) is 12.5. The average molecular weight is 478 g/mol. The van der Waals surface area contributed by atoms with Gasteiger partial charge in [0.2, 0.25) is 0 Å². The molecule has 32 heavy (non-hydrogen) atoms. The van der Waals surface area contributed by atoms with Crippen LogP contribution in [0, 0.1) is 0 Å². The van der Waals surface area contributed by atoms with Crippen LogP contribution in [0.1, 0.15) is 15.9 Å². The van der Waals surface area contributed by atoms with E-state index in [9.17, 15) is 13.6 Å². The molecule has 0 spiro atoms. The molecule has 0 aliphatic rings. The summed E-state index contributed by atoms with van der Waals surface area (Å²) in [6, 6.07) is 16.0. The summed E-state index contributed by atoms with van der Waals surface area (Å²) in [6.07, 6.45) is 0. The molecule has 4 aromatic rings. The standard InChI is InChI=1S/C22H15Cl2F2N3O3/c23-14-7-13(8-15(24)9-14)21(30)27-20-17-6-5-16(10-18(17)28-29-20)31-11-12-3-1-2-4-19(12)32-22(25)26/h1-10,22H,11H2,(H2,27,28,29,30). The Morgan fingerprint density at radius 2 is 1.81 bits per heavy atom. The molecule has 0 aliphatic heterocycles. The molecule has 0 radical (unpaired) electrons. The zero-order valence-electron chi connectivity index (χ0n) is 16.2. The molecule has 1 amide bonds. The molecule has 3 aromatic carbocycles. The Balaban J connectivity index is 1.48. The number of halogens is 4. The lowest BCUT2D eigenvalue weighted by atomic mass is 10.2. The number of fused-ring (bicyclic) bond motifs is 1. The molecule has 0 fully saturated rings. The molecule has 1 aromatic heterocycles. The van der Waals surface area contributed by atoms with Gasteiger partial charge in [0, 0.05) is 32.6 Å². The van der Waals surface area contributed by atoms with Crippen molar-refractivity contribution in [1.29, 1.82) is 0 Å². The predicted molar refractivity (Wildman–Crippen MR) is 118 cm³/mol. The van der Waals surface area contributed by atoms with Gasteiger partial charge in [0.25, 0.3) is 5.91 Å².